The van der Waals surface area contributed by atoms with Crippen LogP contribution in [0, 0.1) is 6.92 Å². The van der Waals surface area contributed by atoms with Crippen LogP contribution in [0.2, 0.25) is 0 Å². The summed E-state index contributed by atoms with van der Waals surface area (Å²) in [7, 11) is 3.34. The van der Waals surface area contributed by atoms with Gasteiger partial charge < -0.3 is 20.5 Å². The molecule has 0 aliphatic rings. The highest BCUT2D eigenvalue weighted by Crippen LogP contribution is 2.31. The molecule has 0 bridgehead atoms. The van der Waals surface area contributed by atoms with Gasteiger partial charge in [0.15, 0.2) is 0 Å². The lowest BCUT2D eigenvalue weighted by Crippen LogP contribution is -2.42. The second-order valence-corrected chi connectivity index (χ2v) is 5.18. The zero-order valence-electron chi connectivity index (χ0n) is 12.0. The monoisotopic (exact) mass is 252 g/mol. The first-order chi connectivity index (χ1) is 8.39. The van der Waals surface area contributed by atoms with E-state index in [1.165, 1.54) is 0 Å². The summed E-state index contributed by atoms with van der Waals surface area (Å²) >= 11 is 0. The van der Waals surface area contributed by atoms with Crippen molar-refractivity contribution in [1.82, 2.24) is 5.32 Å². The Morgan fingerprint density at radius 2 is 1.89 bits per heavy atom. The van der Waals surface area contributed by atoms with E-state index in [4.69, 9.17) is 15.2 Å². The van der Waals surface area contributed by atoms with Crippen LogP contribution in [0.4, 0.5) is 0 Å². The van der Waals surface area contributed by atoms with Crippen molar-refractivity contribution in [1.29, 1.82) is 0 Å². The maximum Gasteiger partial charge on any atom is 0.129 e. The van der Waals surface area contributed by atoms with Gasteiger partial charge in [-0.3, -0.25) is 0 Å². The van der Waals surface area contributed by atoms with Gasteiger partial charge in [0.1, 0.15) is 11.5 Å². The Balaban J connectivity index is 2.80. The lowest BCUT2D eigenvalue weighted by molar-refractivity contribution is 0.382. The molecule has 1 aromatic carbocycles. The van der Waals surface area contributed by atoms with Gasteiger partial charge in [-0.2, -0.15) is 0 Å². The fourth-order valence-corrected chi connectivity index (χ4v) is 1.89. The zero-order chi connectivity index (χ0) is 13.8. The Morgan fingerprint density at radius 3 is 2.39 bits per heavy atom. The van der Waals surface area contributed by atoms with Gasteiger partial charge in [-0.1, -0.05) is 6.07 Å². The maximum atomic E-state index is 5.93. The van der Waals surface area contributed by atoms with Gasteiger partial charge in [-0.15, -0.1) is 0 Å². The minimum atomic E-state index is -0.214. The smallest absolute Gasteiger partial charge is 0.129 e. The number of ether oxygens (including phenoxy) is 2. The van der Waals surface area contributed by atoms with Crippen molar-refractivity contribution in [2.45, 2.75) is 32.9 Å². The summed E-state index contributed by atoms with van der Waals surface area (Å²) in [5.41, 5.74) is 7.85. The molecule has 4 nitrogen and oxygen atoms in total. The first kappa shape index (κ1) is 14.8. The average Bonchev–Trinajstić information content (AvgIpc) is 2.28. The number of methoxy groups -OCH3 is 2. The first-order valence-electron chi connectivity index (χ1n) is 6.09. The predicted octanol–water partition coefficient (Wildman–Crippen LogP) is 1.84. The zero-order valence-corrected chi connectivity index (χ0v) is 12.0. The van der Waals surface area contributed by atoms with Gasteiger partial charge in [0, 0.05) is 29.8 Å². The van der Waals surface area contributed by atoms with Gasteiger partial charge in [0.05, 0.1) is 14.2 Å². The normalized spacial score (nSPS) is 11.4. The molecule has 0 atom stereocenters. The highest BCUT2D eigenvalue weighted by Gasteiger charge is 2.13. The quantitative estimate of drug-likeness (QED) is 0.811. The van der Waals surface area contributed by atoms with Crippen LogP contribution in [0.15, 0.2) is 12.1 Å². The molecule has 1 rings (SSSR count). The van der Waals surface area contributed by atoms with E-state index in [9.17, 15) is 0 Å². The van der Waals surface area contributed by atoms with E-state index in [0.29, 0.717) is 0 Å². The van der Waals surface area contributed by atoms with Gasteiger partial charge in [0.25, 0.3) is 0 Å². The van der Waals surface area contributed by atoms with Gasteiger partial charge in [-0.25, -0.2) is 0 Å². The molecule has 0 radical (unpaired) electrons. The van der Waals surface area contributed by atoms with Crippen LogP contribution >= 0.6 is 0 Å². The number of hydrogen-bond donors (Lipinski definition) is 2. The summed E-state index contributed by atoms with van der Waals surface area (Å²) in [5, 5.41) is 3.34. The summed E-state index contributed by atoms with van der Waals surface area (Å²) in [6, 6.07) is 3.98. The fraction of sp³-hybridized carbons (Fsp3) is 0.571. The number of rotatable bonds is 6. The van der Waals surface area contributed by atoms with Gasteiger partial charge >= 0.3 is 0 Å². The van der Waals surface area contributed by atoms with Crippen molar-refractivity contribution in [3.63, 3.8) is 0 Å². The van der Waals surface area contributed by atoms with Crippen LogP contribution < -0.4 is 20.5 Å². The van der Waals surface area contributed by atoms with Crippen LogP contribution in [0.3, 0.4) is 0 Å². The van der Waals surface area contributed by atoms with E-state index >= 15 is 0 Å². The SMILES string of the molecule is COc1ccc(CNCC(C)(C)N)c(OC)c1C. The topological polar surface area (TPSA) is 56.5 Å². The predicted molar refractivity (Wildman–Crippen MR) is 74.3 cm³/mol. The minimum Gasteiger partial charge on any atom is -0.496 e. The third kappa shape index (κ3) is 3.89. The molecule has 0 aromatic heterocycles. The molecule has 0 saturated carbocycles. The number of benzene rings is 1. The molecule has 0 aliphatic carbocycles. The molecule has 4 heteroatoms. The standard InChI is InChI=1S/C14H24N2O2/c1-10-12(17-4)7-6-11(13(10)18-5)8-16-9-14(2,3)15/h6-7,16H,8-9,15H2,1-5H3. The van der Waals surface area contributed by atoms with E-state index in [1.807, 2.05) is 32.9 Å². The molecule has 0 aliphatic heterocycles. The van der Waals surface area contributed by atoms with Crippen LogP contribution in [0.5, 0.6) is 11.5 Å². The van der Waals surface area contributed by atoms with Crippen molar-refractivity contribution in [2.75, 3.05) is 20.8 Å². The third-order valence-electron chi connectivity index (χ3n) is 2.76. The molecule has 0 saturated heterocycles. The summed E-state index contributed by atoms with van der Waals surface area (Å²) in [5.74, 6) is 1.71. The molecule has 0 fully saturated rings. The summed E-state index contributed by atoms with van der Waals surface area (Å²) in [4.78, 5) is 0. The molecule has 3 N–H and O–H groups in total. The fourth-order valence-electron chi connectivity index (χ4n) is 1.89. The van der Waals surface area contributed by atoms with Crippen molar-refractivity contribution in [2.24, 2.45) is 5.73 Å². The number of nitrogens with two attached hydrogens (primary N) is 1. The first-order valence-corrected chi connectivity index (χ1v) is 6.09. The Kier molecular flexibility index (Phi) is 4.99. The molecule has 0 amide bonds. The van der Waals surface area contributed by atoms with Gasteiger partial charge in [-0.05, 0) is 26.8 Å². The largest absolute Gasteiger partial charge is 0.496 e. The Morgan fingerprint density at radius 1 is 1.22 bits per heavy atom. The molecule has 0 spiro atoms. The van der Waals surface area contributed by atoms with Gasteiger partial charge in [0.2, 0.25) is 0 Å². The Hall–Kier alpha value is -1.26. The summed E-state index contributed by atoms with van der Waals surface area (Å²) in [6.07, 6.45) is 0. The molecule has 0 heterocycles. The van der Waals surface area contributed by atoms with E-state index in [-0.39, 0.29) is 5.54 Å². The molecule has 18 heavy (non-hydrogen) atoms. The molecule has 102 valence electrons. The van der Waals surface area contributed by atoms with Crippen molar-refractivity contribution >= 4 is 0 Å². The maximum absolute atomic E-state index is 5.93. The second kappa shape index (κ2) is 6.07. The summed E-state index contributed by atoms with van der Waals surface area (Å²) in [6.45, 7) is 7.47. The number of hydrogen-bond acceptors (Lipinski definition) is 4. The van der Waals surface area contributed by atoms with Crippen LogP contribution in [-0.4, -0.2) is 26.3 Å². The molecule has 1 aromatic rings. The lowest BCUT2D eigenvalue weighted by Gasteiger charge is -2.20. The lowest BCUT2D eigenvalue weighted by atomic mass is 10.1. The molecular formula is C14H24N2O2. The Bertz CT molecular complexity index is 398. The van der Waals surface area contributed by atoms with E-state index in [0.717, 1.165) is 35.7 Å². The van der Waals surface area contributed by atoms with E-state index in [2.05, 4.69) is 5.32 Å². The second-order valence-electron chi connectivity index (χ2n) is 5.18. The molecular weight excluding hydrogens is 228 g/mol. The highest BCUT2D eigenvalue weighted by molar-refractivity contribution is 5.49. The Labute approximate surface area is 109 Å². The van der Waals surface area contributed by atoms with Crippen molar-refractivity contribution < 1.29 is 9.47 Å². The highest BCUT2D eigenvalue weighted by atomic mass is 16.5. The molecule has 0 unspecified atom stereocenters. The van der Waals surface area contributed by atoms with E-state index in [1.54, 1.807) is 14.2 Å². The third-order valence-corrected chi connectivity index (χ3v) is 2.76. The van der Waals surface area contributed by atoms with Crippen molar-refractivity contribution in [3.8, 4) is 11.5 Å². The van der Waals surface area contributed by atoms with Crippen LogP contribution in [-0.2, 0) is 6.54 Å². The average molecular weight is 252 g/mol. The van der Waals surface area contributed by atoms with Crippen LogP contribution in [0.1, 0.15) is 25.0 Å². The van der Waals surface area contributed by atoms with Crippen LogP contribution in [0.25, 0.3) is 0 Å². The van der Waals surface area contributed by atoms with Crippen molar-refractivity contribution in [3.05, 3.63) is 23.3 Å². The van der Waals surface area contributed by atoms with E-state index < -0.39 is 0 Å². The summed E-state index contributed by atoms with van der Waals surface area (Å²) < 4.78 is 10.7. The number of nitrogens with one attached hydrogen (secondary N) is 1. The minimum absolute atomic E-state index is 0.214.